The number of thioether (sulfide) groups is 1. The SMILES string of the molecule is COCCSCC(=O)N1CC(O)C1. The number of carbonyl (C=O) groups excluding carboxylic acids is 1. The van der Waals surface area contributed by atoms with E-state index in [0.29, 0.717) is 25.4 Å². The lowest BCUT2D eigenvalue weighted by atomic mass is 10.2. The molecule has 4 nitrogen and oxygen atoms in total. The van der Waals surface area contributed by atoms with Gasteiger partial charge in [-0.2, -0.15) is 0 Å². The molecule has 5 heteroatoms. The minimum absolute atomic E-state index is 0.117. The summed E-state index contributed by atoms with van der Waals surface area (Å²) >= 11 is 1.57. The van der Waals surface area contributed by atoms with E-state index in [1.54, 1.807) is 23.8 Å². The van der Waals surface area contributed by atoms with Crippen LogP contribution in [0.3, 0.4) is 0 Å². The van der Waals surface area contributed by atoms with Crippen LogP contribution in [0, 0.1) is 0 Å². The topological polar surface area (TPSA) is 49.8 Å². The molecule has 76 valence electrons. The average Bonchev–Trinajstić information content (AvgIpc) is 2.07. The van der Waals surface area contributed by atoms with Crippen molar-refractivity contribution >= 4 is 17.7 Å². The summed E-state index contributed by atoms with van der Waals surface area (Å²) in [6.45, 7) is 1.69. The zero-order valence-electron chi connectivity index (χ0n) is 7.73. The summed E-state index contributed by atoms with van der Waals surface area (Å²) in [5.74, 6) is 1.46. The van der Waals surface area contributed by atoms with Gasteiger partial charge in [-0.3, -0.25) is 4.79 Å². The number of carbonyl (C=O) groups is 1. The van der Waals surface area contributed by atoms with E-state index < -0.39 is 0 Å². The number of methoxy groups -OCH3 is 1. The second-order valence-electron chi connectivity index (χ2n) is 3.00. The molecule has 1 fully saturated rings. The van der Waals surface area contributed by atoms with Crippen LogP contribution in [0.15, 0.2) is 0 Å². The summed E-state index contributed by atoms with van der Waals surface area (Å²) in [7, 11) is 1.65. The van der Waals surface area contributed by atoms with Crippen LogP contribution < -0.4 is 0 Å². The molecular weight excluding hydrogens is 190 g/mol. The van der Waals surface area contributed by atoms with Gasteiger partial charge in [-0.1, -0.05) is 0 Å². The van der Waals surface area contributed by atoms with Gasteiger partial charge in [0, 0.05) is 26.0 Å². The fourth-order valence-electron chi connectivity index (χ4n) is 1.05. The summed E-state index contributed by atoms with van der Waals surface area (Å²) in [4.78, 5) is 13.0. The Kier molecular flexibility index (Phi) is 4.55. The maximum atomic E-state index is 11.3. The van der Waals surface area contributed by atoms with Gasteiger partial charge in [-0.15, -0.1) is 11.8 Å². The Balaban J connectivity index is 1.99. The minimum Gasteiger partial charge on any atom is -0.389 e. The number of nitrogens with zero attached hydrogens (tertiary/aromatic N) is 1. The number of hydrogen-bond acceptors (Lipinski definition) is 4. The molecule has 1 aliphatic rings. The summed E-state index contributed by atoms with van der Waals surface area (Å²) in [6.07, 6.45) is -0.298. The normalized spacial score (nSPS) is 17.2. The van der Waals surface area contributed by atoms with E-state index in [2.05, 4.69) is 0 Å². The first kappa shape index (κ1) is 10.8. The van der Waals surface area contributed by atoms with Crippen molar-refractivity contribution in [3.63, 3.8) is 0 Å². The molecule has 0 unspecified atom stereocenters. The lowest BCUT2D eigenvalue weighted by Crippen LogP contribution is -2.54. The van der Waals surface area contributed by atoms with E-state index >= 15 is 0 Å². The number of β-amino-alcohol motifs (C(OH)–C–C–N with tert-alkyl or cyclic N) is 1. The molecule has 0 radical (unpaired) electrons. The largest absolute Gasteiger partial charge is 0.389 e. The molecule has 13 heavy (non-hydrogen) atoms. The smallest absolute Gasteiger partial charge is 0.232 e. The molecule has 1 heterocycles. The Morgan fingerprint density at radius 2 is 2.38 bits per heavy atom. The molecule has 1 rings (SSSR count). The molecule has 0 atom stereocenters. The van der Waals surface area contributed by atoms with Crippen LogP contribution in [0.5, 0.6) is 0 Å². The number of ether oxygens (including phenoxy) is 1. The Hall–Kier alpha value is -0.260. The van der Waals surface area contributed by atoms with Crippen molar-refractivity contribution in [2.45, 2.75) is 6.10 Å². The third-order valence-electron chi connectivity index (χ3n) is 1.87. The standard InChI is InChI=1S/C8H15NO3S/c1-12-2-3-13-6-8(11)9-4-7(10)5-9/h7,10H,2-6H2,1H3. The maximum Gasteiger partial charge on any atom is 0.232 e. The fraction of sp³-hybridized carbons (Fsp3) is 0.875. The lowest BCUT2D eigenvalue weighted by Gasteiger charge is -2.35. The molecule has 0 aromatic rings. The van der Waals surface area contributed by atoms with Gasteiger partial charge in [0.1, 0.15) is 0 Å². The number of rotatable bonds is 5. The van der Waals surface area contributed by atoms with Crippen LogP contribution >= 0.6 is 11.8 Å². The van der Waals surface area contributed by atoms with Crippen molar-refractivity contribution in [1.82, 2.24) is 4.90 Å². The maximum absolute atomic E-state index is 11.3. The average molecular weight is 205 g/mol. The number of likely N-dealkylation sites (tertiary alicyclic amines) is 1. The molecule has 0 aliphatic carbocycles. The van der Waals surface area contributed by atoms with Gasteiger partial charge in [0.05, 0.1) is 18.5 Å². The van der Waals surface area contributed by atoms with Crippen molar-refractivity contribution in [2.75, 3.05) is 38.3 Å². The van der Waals surface area contributed by atoms with Crippen LogP contribution in [-0.2, 0) is 9.53 Å². The second-order valence-corrected chi connectivity index (χ2v) is 4.10. The second kappa shape index (κ2) is 5.47. The monoisotopic (exact) mass is 205 g/mol. The Morgan fingerprint density at radius 1 is 1.69 bits per heavy atom. The number of aliphatic hydroxyl groups excluding tert-OH is 1. The molecular formula is C8H15NO3S. The highest BCUT2D eigenvalue weighted by Crippen LogP contribution is 2.10. The predicted molar refractivity (Wildman–Crippen MR) is 51.8 cm³/mol. The molecule has 1 aliphatic heterocycles. The van der Waals surface area contributed by atoms with Crippen molar-refractivity contribution in [3.05, 3.63) is 0 Å². The molecule has 1 N–H and O–H groups in total. The fourth-order valence-corrected chi connectivity index (χ4v) is 1.84. The summed E-state index contributed by atoms with van der Waals surface area (Å²) < 4.78 is 4.86. The highest BCUT2D eigenvalue weighted by Gasteiger charge is 2.27. The molecule has 0 aromatic carbocycles. The highest BCUT2D eigenvalue weighted by atomic mass is 32.2. The quantitative estimate of drug-likeness (QED) is 0.619. The van der Waals surface area contributed by atoms with Gasteiger partial charge >= 0.3 is 0 Å². The van der Waals surface area contributed by atoms with Gasteiger partial charge in [0.2, 0.25) is 5.91 Å². The van der Waals surface area contributed by atoms with E-state index in [0.717, 1.165) is 5.75 Å². The summed E-state index contributed by atoms with van der Waals surface area (Å²) in [5, 5.41) is 8.96. The van der Waals surface area contributed by atoms with Crippen LogP contribution in [0.1, 0.15) is 0 Å². The first-order valence-corrected chi connectivity index (χ1v) is 5.42. The zero-order valence-corrected chi connectivity index (χ0v) is 8.55. The van der Waals surface area contributed by atoms with Gasteiger partial charge in [-0.05, 0) is 0 Å². The third kappa shape index (κ3) is 3.54. The predicted octanol–water partition coefficient (Wildman–Crippen LogP) is -0.431. The minimum atomic E-state index is -0.298. The van der Waals surface area contributed by atoms with E-state index in [1.807, 2.05) is 0 Å². The number of amides is 1. The van der Waals surface area contributed by atoms with Crippen LogP contribution in [0.2, 0.25) is 0 Å². The summed E-state index contributed by atoms with van der Waals surface area (Å²) in [6, 6.07) is 0. The molecule has 0 bridgehead atoms. The van der Waals surface area contributed by atoms with E-state index in [9.17, 15) is 4.79 Å². The van der Waals surface area contributed by atoms with Crippen molar-refractivity contribution in [2.24, 2.45) is 0 Å². The number of aliphatic hydroxyl groups is 1. The van der Waals surface area contributed by atoms with E-state index in [4.69, 9.17) is 9.84 Å². The highest BCUT2D eigenvalue weighted by molar-refractivity contribution is 7.99. The van der Waals surface area contributed by atoms with Crippen molar-refractivity contribution in [3.8, 4) is 0 Å². The molecule has 0 saturated carbocycles. The van der Waals surface area contributed by atoms with E-state index in [-0.39, 0.29) is 12.0 Å². The molecule has 1 saturated heterocycles. The lowest BCUT2D eigenvalue weighted by molar-refractivity contribution is -0.138. The number of hydrogen-bond donors (Lipinski definition) is 1. The van der Waals surface area contributed by atoms with Gasteiger partial charge in [0.25, 0.3) is 0 Å². The van der Waals surface area contributed by atoms with Crippen molar-refractivity contribution in [1.29, 1.82) is 0 Å². The molecule has 0 spiro atoms. The molecule has 1 amide bonds. The van der Waals surface area contributed by atoms with E-state index in [1.165, 1.54) is 0 Å². The first-order chi connectivity index (χ1) is 6.24. The first-order valence-electron chi connectivity index (χ1n) is 4.26. The Labute approximate surface area is 82.2 Å². The Bertz CT molecular complexity index is 171. The van der Waals surface area contributed by atoms with Gasteiger partial charge < -0.3 is 14.7 Å². The van der Waals surface area contributed by atoms with Crippen LogP contribution in [-0.4, -0.2) is 60.3 Å². The zero-order chi connectivity index (χ0) is 9.68. The van der Waals surface area contributed by atoms with Crippen molar-refractivity contribution < 1.29 is 14.6 Å². The Morgan fingerprint density at radius 3 is 2.92 bits per heavy atom. The van der Waals surface area contributed by atoms with Gasteiger partial charge in [0.15, 0.2) is 0 Å². The summed E-state index contributed by atoms with van der Waals surface area (Å²) in [5.41, 5.74) is 0. The van der Waals surface area contributed by atoms with Gasteiger partial charge in [-0.25, -0.2) is 0 Å². The van der Waals surface area contributed by atoms with Crippen LogP contribution in [0.25, 0.3) is 0 Å². The molecule has 0 aromatic heterocycles. The van der Waals surface area contributed by atoms with Crippen LogP contribution in [0.4, 0.5) is 0 Å². The third-order valence-corrected chi connectivity index (χ3v) is 2.78.